The van der Waals surface area contributed by atoms with Crippen molar-refractivity contribution >= 4 is 5.97 Å². The van der Waals surface area contributed by atoms with Crippen LogP contribution in [0.5, 0.6) is 0 Å². The van der Waals surface area contributed by atoms with Gasteiger partial charge >= 0.3 is 5.97 Å². The molecule has 10 heteroatoms. The van der Waals surface area contributed by atoms with Crippen LogP contribution in [0.15, 0.2) is 0 Å². The molecule has 1 spiro atoms. The summed E-state index contributed by atoms with van der Waals surface area (Å²) in [6.45, 7) is 7.96. The number of carbonyl (C=O) groups excluding carboxylic acids is 1. The Hall–Kier alpha value is -0.850. The fourth-order valence-electron chi connectivity index (χ4n) is 11.6. The van der Waals surface area contributed by atoms with Gasteiger partial charge in [0.2, 0.25) is 5.79 Å². The average molecular weight is 552 g/mol. The predicted octanol–water partition coefficient (Wildman–Crippen LogP) is 0.0449. The summed E-state index contributed by atoms with van der Waals surface area (Å²) >= 11 is 0. The Morgan fingerprint density at radius 3 is 2.31 bits per heavy atom. The van der Waals surface area contributed by atoms with Gasteiger partial charge in [0.25, 0.3) is 0 Å². The number of esters is 1. The van der Waals surface area contributed by atoms with Crippen LogP contribution in [0, 0.1) is 29.1 Å². The molecule has 7 aliphatic rings. The molecule has 0 amide bonds. The highest BCUT2D eigenvalue weighted by Crippen LogP contribution is 2.78. The van der Waals surface area contributed by atoms with Gasteiger partial charge in [-0.05, 0) is 51.4 Å². The molecule has 3 heterocycles. The standard InChI is InChI=1S/C29H45NO9/c1-15-5-8-20-24(4,33)28(36)19(13-30(20)12-15)26(35)14-27-18(25(26,34)11-21(28)32)7-6-17-23(27,3)10-9-22(38-16(2)31)29(17,37)39-27/h15,17-22,32-37H,5-14H2,1-4H3/t15-,17?,18?,19?,20-,21-,22+,23-,24+,25+,26+,27+,28-,29-/m0/s1. The number of fused-ring (bicyclic) bond motifs is 5. The molecule has 220 valence electrons. The van der Waals surface area contributed by atoms with Crippen LogP contribution in [0.4, 0.5) is 0 Å². The van der Waals surface area contributed by atoms with Gasteiger partial charge in [-0.15, -0.1) is 0 Å². The Kier molecular flexibility index (Phi) is 5.23. The molecule has 4 saturated carbocycles. The van der Waals surface area contributed by atoms with Gasteiger partial charge in [0.05, 0.1) is 11.7 Å². The quantitative estimate of drug-likeness (QED) is 0.246. The first-order valence-corrected chi connectivity index (χ1v) is 14.9. The Morgan fingerprint density at radius 1 is 0.923 bits per heavy atom. The summed E-state index contributed by atoms with van der Waals surface area (Å²) in [5.41, 5.74) is -9.28. The van der Waals surface area contributed by atoms with E-state index in [1.54, 1.807) is 6.92 Å². The molecule has 0 aromatic rings. The summed E-state index contributed by atoms with van der Waals surface area (Å²) in [6.07, 6.45) is 0.797. The monoisotopic (exact) mass is 551 g/mol. The summed E-state index contributed by atoms with van der Waals surface area (Å²) < 4.78 is 12.2. The summed E-state index contributed by atoms with van der Waals surface area (Å²) in [4.78, 5) is 14.0. The second-order valence-corrected chi connectivity index (χ2v) is 14.9. The van der Waals surface area contributed by atoms with Gasteiger partial charge in [0, 0.05) is 62.1 Å². The summed E-state index contributed by atoms with van der Waals surface area (Å²) in [5.74, 6) is -3.93. The maximum atomic E-state index is 12.8. The molecule has 14 atom stereocenters. The molecule has 0 aromatic heterocycles. The molecule has 3 aliphatic heterocycles. The lowest BCUT2D eigenvalue weighted by Crippen LogP contribution is -2.85. The second-order valence-electron chi connectivity index (χ2n) is 14.9. The van der Waals surface area contributed by atoms with E-state index in [-0.39, 0.29) is 31.3 Å². The molecule has 39 heavy (non-hydrogen) atoms. The number of rotatable bonds is 1. The molecule has 6 N–H and O–H groups in total. The molecular weight excluding hydrogens is 506 g/mol. The fraction of sp³-hybridized carbons (Fsp3) is 0.966. The number of hydrogen-bond acceptors (Lipinski definition) is 10. The van der Waals surface area contributed by atoms with Gasteiger partial charge < -0.3 is 40.1 Å². The number of aliphatic hydroxyl groups excluding tert-OH is 1. The number of nitrogens with zero attached hydrogens (tertiary/aromatic N) is 1. The summed E-state index contributed by atoms with van der Waals surface area (Å²) in [7, 11) is 0. The van der Waals surface area contributed by atoms with E-state index in [1.807, 2.05) is 6.92 Å². The largest absolute Gasteiger partial charge is 0.457 e. The van der Waals surface area contributed by atoms with Gasteiger partial charge in [-0.25, -0.2) is 0 Å². The van der Waals surface area contributed by atoms with E-state index in [4.69, 9.17) is 9.47 Å². The summed E-state index contributed by atoms with van der Waals surface area (Å²) in [6, 6.07) is -0.379. The van der Waals surface area contributed by atoms with Crippen molar-refractivity contribution in [2.24, 2.45) is 29.1 Å². The van der Waals surface area contributed by atoms with Crippen molar-refractivity contribution in [3.8, 4) is 0 Å². The molecule has 4 aliphatic carbocycles. The third-order valence-corrected chi connectivity index (χ3v) is 13.4. The molecule has 7 fully saturated rings. The molecule has 10 nitrogen and oxygen atoms in total. The Bertz CT molecular complexity index is 1100. The Balaban J connectivity index is 1.36. The number of hydrogen-bond donors (Lipinski definition) is 6. The lowest BCUT2D eigenvalue weighted by molar-refractivity contribution is -0.354. The highest BCUT2D eigenvalue weighted by molar-refractivity contribution is 5.66. The van der Waals surface area contributed by atoms with Gasteiger partial charge in [0.15, 0.2) is 6.10 Å². The van der Waals surface area contributed by atoms with Crippen LogP contribution < -0.4 is 0 Å². The van der Waals surface area contributed by atoms with E-state index in [9.17, 15) is 35.4 Å². The van der Waals surface area contributed by atoms with Crippen LogP contribution in [-0.4, -0.2) is 107 Å². The molecule has 0 radical (unpaired) electrons. The third kappa shape index (κ3) is 2.75. The first-order chi connectivity index (χ1) is 18.0. The Morgan fingerprint density at radius 2 is 1.62 bits per heavy atom. The molecule has 7 rings (SSSR count). The minimum atomic E-state index is -2.05. The van der Waals surface area contributed by atoms with Crippen molar-refractivity contribution in [1.82, 2.24) is 4.90 Å². The lowest BCUT2D eigenvalue weighted by atomic mass is 9.49. The minimum Gasteiger partial charge on any atom is -0.457 e. The van der Waals surface area contributed by atoms with Crippen LogP contribution in [0.25, 0.3) is 0 Å². The highest BCUT2D eigenvalue weighted by Gasteiger charge is 2.88. The zero-order valence-electron chi connectivity index (χ0n) is 23.5. The van der Waals surface area contributed by atoms with Crippen molar-refractivity contribution in [2.45, 2.75) is 131 Å². The maximum absolute atomic E-state index is 12.8. The topological polar surface area (TPSA) is 160 Å². The van der Waals surface area contributed by atoms with Crippen LogP contribution in [0.3, 0.4) is 0 Å². The zero-order chi connectivity index (χ0) is 28.2. The number of carbonyl (C=O) groups is 1. The first kappa shape index (κ1) is 27.0. The molecule has 4 bridgehead atoms. The normalized spacial score (nSPS) is 63.5. The highest BCUT2D eigenvalue weighted by atomic mass is 16.7. The van der Waals surface area contributed by atoms with Crippen LogP contribution >= 0.6 is 0 Å². The Labute approximate surface area is 229 Å². The van der Waals surface area contributed by atoms with Crippen molar-refractivity contribution in [3.63, 3.8) is 0 Å². The first-order valence-electron chi connectivity index (χ1n) is 14.9. The second kappa shape index (κ2) is 7.56. The molecule has 3 unspecified atom stereocenters. The molecular formula is C29H45NO9. The van der Waals surface area contributed by atoms with E-state index in [2.05, 4.69) is 11.8 Å². The van der Waals surface area contributed by atoms with E-state index in [0.717, 1.165) is 6.42 Å². The van der Waals surface area contributed by atoms with Crippen molar-refractivity contribution in [2.75, 3.05) is 13.1 Å². The van der Waals surface area contributed by atoms with E-state index in [0.29, 0.717) is 44.6 Å². The predicted molar refractivity (Wildman–Crippen MR) is 136 cm³/mol. The minimum absolute atomic E-state index is 0.0485. The number of aliphatic hydroxyl groups is 6. The van der Waals surface area contributed by atoms with Gasteiger partial charge in [-0.2, -0.15) is 0 Å². The molecule has 3 saturated heterocycles. The molecule has 0 aromatic carbocycles. The zero-order valence-corrected chi connectivity index (χ0v) is 23.5. The van der Waals surface area contributed by atoms with Crippen LogP contribution in [0.1, 0.15) is 79.1 Å². The summed E-state index contributed by atoms with van der Waals surface area (Å²) in [5, 5.41) is 73.3. The SMILES string of the molecule is CC(=O)O[C@@H]1CC[C@@]2(C)C3CCC4[C@]5(O)C[C@H](O)[C@@]6(O)C(CN7C[C@@H](C)CC[C@H]7[C@@]6(C)O)[C@]5(O)C[C@@]42O[C@@]31O. The lowest BCUT2D eigenvalue weighted by Gasteiger charge is -2.68. The van der Waals surface area contributed by atoms with Crippen LogP contribution in [-0.2, 0) is 14.3 Å². The van der Waals surface area contributed by atoms with E-state index >= 15 is 0 Å². The third-order valence-electron chi connectivity index (χ3n) is 13.4. The van der Waals surface area contributed by atoms with Crippen molar-refractivity contribution in [3.05, 3.63) is 0 Å². The number of piperidine rings is 2. The van der Waals surface area contributed by atoms with Crippen molar-refractivity contribution < 1.29 is 44.9 Å². The van der Waals surface area contributed by atoms with E-state index in [1.165, 1.54) is 6.92 Å². The smallest absolute Gasteiger partial charge is 0.303 e. The number of ether oxygens (including phenoxy) is 2. The maximum Gasteiger partial charge on any atom is 0.303 e. The van der Waals surface area contributed by atoms with Gasteiger partial charge in [0.1, 0.15) is 22.4 Å². The average Bonchev–Trinajstić information content (AvgIpc) is 3.01. The van der Waals surface area contributed by atoms with Crippen molar-refractivity contribution in [1.29, 1.82) is 0 Å². The van der Waals surface area contributed by atoms with Crippen LogP contribution in [0.2, 0.25) is 0 Å². The van der Waals surface area contributed by atoms with Gasteiger partial charge in [-0.1, -0.05) is 13.8 Å². The van der Waals surface area contributed by atoms with E-state index < -0.39 is 69.2 Å². The fourth-order valence-corrected chi connectivity index (χ4v) is 11.6. The van der Waals surface area contributed by atoms with Gasteiger partial charge in [-0.3, -0.25) is 9.69 Å².